The fourth-order valence-corrected chi connectivity index (χ4v) is 3.69. The maximum absolute atomic E-state index is 12.3. The third-order valence-corrected chi connectivity index (χ3v) is 5.49. The molecule has 0 spiro atoms. The Morgan fingerprint density at radius 1 is 1.32 bits per heavy atom. The van der Waals surface area contributed by atoms with Crippen LogP contribution in [0.5, 0.6) is 0 Å². The van der Waals surface area contributed by atoms with Gasteiger partial charge in [0.1, 0.15) is 0 Å². The number of thioether (sulfide) groups is 1. The second-order valence-corrected chi connectivity index (χ2v) is 7.64. The number of amides is 1. The zero-order chi connectivity index (χ0) is 16.1. The number of aliphatic carboxylic acids is 1. The molecule has 1 fully saturated rings. The summed E-state index contributed by atoms with van der Waals surface area (Å²) >= 11 is 5.04. The second kappa shape index (κ2) is 8.02. The van der Waals surface area contributed by atoms with Crippen molar-refractivity contribution < 1.29 is 14.7 Å². The van der Waals surface area contributed by atoms with E-state index >= 15 is 0 Å². The van der Waals surface area contributed by atoms with Gasteiger partial charge in [0.05, 0.1) is 5.92 Å². The highest BCUT2D eigenvalue weighted by molar-refractivity contribution is 9.10. The lowest BCUT2D eigenvalue weighted by molar-refractivity contribution is -0.147. The first-order valence-corrected chi connectivity index (χ1v) is 9.16. The number of carbonyl (C=O) groups is 2. The van der Waals surface area contributed by atoms with Gasteiger partial charge in [0.25, 0.3) is 0 Å². The molecule has 120 valence electrons. The van der Waals surface area contributed by atoms with E-state index in [4.69, 9.17) is 5.11 Å². The minimum atomic E-state index is -0.797. The standard InChI is InChI=1S/C16H20BrNO3S/c1-11-2-3-12(16(20)21)10-18(11)15(19)8-9-22-14-6-4-13(17)5-7-14/h4-7,11-12H,2-3,8-10H2,1H3,(H,20,21). The number of carbonyl (C=O) groups excluding carboxylic acids is 1. The number of hydrogen-bond acceptors (Lipinski definition) is 3. The van der Waals surface area contributed by atoms with Gasteiger partial charge in [0.2, 0.25) is 5.91 Å². The second-order valence-electron chi connectivity index (χ2n) is 5.56. The Morgan fingerprint density at radius 3 is 2.64 bits per heavy atom. The third kappa shape index (κ3) is 4.74. The molecule has 1 saturated heterocycles. The number of halogens is 1. The number of nitrogens with zero attached hydrogens (tertiary/aromatic N) is 1. The molecule has 1 amide bonds. The summed E-state index contributed by atoms with van der Waals surface area (Å²) in [6.45, 7) is 2.34. The highest BCUT2D eigenvalue weighted by Gasteiger charge is 2.32. The summed E-state index contributed by atoms with van der Waals surface area (Å²) in [5.74, 6) is -0.446. The smallest absolute Gasteiger partial charge is 0.308 e. The molecular formula is C16H20BrNO3S. The van der Waals surface area contributed by atoms with Gasteiger partial charge in [-0.3, -0.25) is 9.59 Å². The predicted octanol–water partition coefficient (Wildman–Crippen LogP) is 3.64. The van der Waals surface area contributed by atoms with E-state index in [1.54, 1.807) is 16.7 Å². The van der Waals surface area contributed by atoms with Gasteiger partial charge >= 0.3 is 5.97 Å². The summed E-state index contributed by atoms with van der Waals surface area (Å²) in [5.41, 5.74) is 0. The molecule has 22 heavy (non-hydrogen) atoms. The zero-order valence-electron chi connectivity index (χ0n) is 12.5. The molecule has 1 heterocycles. The van der Waals surface area contributed by atoms with Gasteiger partial charge in [-0.1, -0.05) is 15.9 Å². The average molecular weight is 386 g/mol. The summed E-state index contributed by atoms with van der Waals surface area (Å²) in [4.78, 5) is 26.3. The van der Waals surface area contributed by atoms with E-state index < -0.39 is 11.9 Å². The molecule has 0 bridgehead atoms. The van der Waals surface area contributed by atoms with Crippen LogP contribution in [0.1, 0.15) is 26.2 Å². The van der Waals surface area contributed by atoms with E-state index in [1.807, 2.05) is 31.2 Å². The number of piperidine rings is 1. The predicted molar refractivity (Wildman–Crippen MR) is 91.0 cm³/mol. The van der Waals surface area contributed by atoms with E-state index in [1.165, 1.54) is 0 Å². The fourth-order valence-electron chi connectivity index (χ4n) is 2.59. The molecule has 1 aliphatic rings. The van der Waals surface area contributed by atoms with E-state index in [-0.39, 0.29) is 11.9 Å². The van der Waals surface area contributed by atoms with Gasteiger partial charge < -0.3 is 10.0 Å². The largest absolute Gasteiger partial charge is 0.481 e. The normalized spacial score (nSPS) is 21.6. The Kier molecular flexibility index (Phi) is 6.32. The van der Waals surface area contributed by atoms with Gasteiger partial charge in [-0.25, -0.2) is 0 Å². The molecule has 1 aromatic carbocycles. The van der Waals surface area contributed by atoms with Crippen LogP contribution in [0.3, 0.4) is 0 Å². The van der Waals surface area contributed by atoms with Crippen molar-refractivity contribution in [2.24, 2.45) is 5.92 Å². The van der Waals surface area contributed by atoms with Crippen LogP contribution in [0.4, 0.5) is 0 Å². The number of rotatable bonds is 5. The van der Waals surface area contributed by atoms with E-state index in [2.05, 4.69) is 15.9 Å². The summed E-state index contributed by atoms with van der Waals surface area (Å²) in [5, 5.41) is 9.13. The monoisotopic (exact) mass is 385 g/mol. The lowest BCUT2D eigenvalue weighted by Crippen LogP contribution is -2.47. The van der Waals surface area contributed by atoms with Gasteiger partial charge in [-0.15, -0.1) is 11.8 Å². The maximum atomic E-state index is 12.3. The van der Waals surface area contributed by atoms with Crippen molar-refractivity contribution in [3.63, 3.8) is 0 Å². The Morgan fingerprint density at radius 2 is 2.00 bits per heavy atom. The van der Waals surface area contributed by atoms with Crippen LogP contribution >= 0.6 is 27.7 Å². The number of carboxylic acids is 1. The molecule has 1 aromatic rings. The molecular weight excluding hydrogens is 366 g/mol. The molecule has 0 radical (unpaired) electrons. The van der Waals surface area contributed by atoms with Crippen molar-refractivity contribution in [3.05, 3.63) is 28.7 Å². The van der Waals surface area contributed by atoms with Crippen LogP contribution < -0.4 is 0 Å². The summed E-state index contributed by atoms with van der Waals surface area (Å²) in [6, 6.07) is 8.13. The lowest BCUT2D eigenvalue weighted by Gasteiger charge is -2.36. The summed E-state index contributed by atoms with van der Waals surface area (Å²) in [6.07, 6.45) is 1.87. The quantitative estimate of drug-likeness (QED) is 0.785. The Bertz CT molecular complexity index is 535. The molecule has 4 nitrogen and oxygen atoms in total. The van der Waals surface area contributed by atoms with Crippen LogP contribution in [-0.4, -0.2) is 40.2 Å². The minimum absolute atomic E-state index is 0.0584. The van der Waals surface area contributed by atoms with Gasteiger partial charge in [0.15, 0.2) is 0 Å². The first-order valence-electron chi connectivity index (χ1n) is 7.38. The molecule has 0 aromatic heterocycles. The van der Waals surface area contributed by atoms with Crippen LogP contribution in [0, 0.1) is 5.92 Å². The first kappa shape index (κ1) is 17.3. The highest BCUT2D eigenvalue weighted by atomic mass is 79.9. The molecule has 2 rings (SSSR count). The van der Waals surface area contributed by atoms with Crippen molar-refractivity contribution in [1.29, 1.82) is 0 Å². The van der Waals surface area contributed by atoms with Crippen LogP contribution in [0.2, 0.25) is 0 Å². The summed E-state index contributed by atoms with van der Waals surface area (Å²) < 4.78 is 1.04. The van der Waals surface area contributed by atoms with Crippen molar-refractivity contribution in [3.8, 4) is 0 Å². The fraction of sp³-hybridized carbons (Fsp3) is 0.500. The topological polar surface area (TPSA) is 57.6 Å². The maximum Gasteiger partial charge on any atom is 0.308 e. The minimum Gasteiger partial charge on any atom is -0.481 e. The van der Waals surface area contributed by atoms with Crippen molar-refractivity contribution >= 4 is 39.6 Å². The molecule has 2 atom stereocenters. The molecule has 0 saturated carbocycles. The molecule has 1 aliphatic heterocycles. The van der Waals surface area contributed by atoms with E-state index in [0.29, 0.717) is 25.1 Å². The van der Waals surface area contributed by atoms with Crippen molar-refractivity contribution in [1.82, 2.24) is 4.90 Å². The number of carboxylic acid groups (broad SMARTS) is 1. The van der Waals surface area contributed by atoms with E-state index in [9.17, 15) is 9.59 Å². The van der Waals surface area contributed by atoms with Gasteiger partial charge in [-0.2, -0.15) is 0 Å². The molecule has 0 aliphatic carbocycles. The van der Waals surface area contributed by atoms with Gasteiger partial charge in [0, 0.05) is 34.1 Å². The van der Waals surface area contributed by atoms with Crippen molar-refractivity contribution in [2.45, 2.75) is 37.1 Å². The lowest BCUT2D eigenvalue weighted by atomic mass is 9.93. The Hall–Kier alpha value is -1.01. The zero-order valence-corrected chi connectivity index (χ0v) is 14.9. The van der Waals surface area contributed by atoms with Crippen LogP contribution in [-0.2, 0) is 9.59 Å². The molecule has 2 unspecified atom stereocenters. The first-order chi connectivity index (χ1) is 10.5. The Balaban J connectivity index is 1.82. The Labute approximate surface area is 143 Å². The number of benzene rings is 1. The highest BCUT2D eigenvalue weighted by Crippen LogP contribution is 2.25. The van der Waals surface area contributed by atoms with E-state index in [0.717, 1.165) is 15.8 Å². The van der Waals surface area contributed by atoms with Crippen molar-refractivity contribution in [2.75, 3.05) is 12.3 Å². The average Bonchev–Trinajstić information content (AvgIpc) is 2.49. The SMILES string of the molecule is CC1CCC(C(=O)O)CN1C(=O)CCSc1ccc(Br)cc1. The van der Waals surface area contributed by atoms with Gasteiger partial charge in [-0.05, 0) is 44.0 Å². The third-order valence-electron chi connectivity index (χ3n) is 3.95. The molecule has 1 N–H and O–H groups in total. The van der Waals surface area contributed by atoms with Crippen LogP contribution in [0.15, 0.2) is 33.6 Å². The number of likely N-dealkylation sites (tertiary alicyclic amines) is 1. The molecule has 6 heteroatoms. The number of hydrogen-bond donors (Lipinski definition) is 1. The summed E-state index contributed by atoms with van der Waals surface area (Å²) in [7, 11) is 0. The van der Waals surface area contributed by atoms with Crippen LogP contribution in [0.25, 0.3) is 0 Å².